The van der Waals surface area contributed by atoms with Gasteiger partial charge in [0.25, 0.3) is 0 Å². The van der Waals surface area contributed by atoms with Crippen molar-refractivity contribution >= 4 is 29.1 Å². The van der Waals surface area contributed by atoms with Crippen LogP contribution in [-0.4, -0.2) is 56.5 Å². The number of halogens is 1. The van der Waals surface area contributed by atoms with Gasteiger partial charge >= 0.3 is 0 Å². The summed E-state index contributed by atoms with van der Waals surface area (Å²) in [5.41, 5.74) is 3.61. The van der Waals surface area contributed by atoms with Crippen molar-refractivity contribution in [1.29, 1.82) is 0 Å². The Morgan fingerprint density at radius 2 is 1.84 bits per heavy atom. The van der Waals surface area contributed by atoms with E-state index in [1.807, 2.05) is 35.2 Å². The minimum absolute atomic E-state index is 0.0251. The molecule has 0 spiro atoms. The molecule has 0 saturated carbocycles. The minimum atomic E-state index is -0.0631. The summed E-state index contributed by atoms with van der Waals surface area (Å²) in [4.78, 5) is 29.3. The molecule has 1 saturated heterocycles. The van der Waals surface area contributed by atoms with E-state index in [-0.39, 0.29) is 24.3 Å². The van der Waals surface area contributed by atoms with Crippen LogP contribution in [0, 0.1) is 0 Å². The third-order valence-electron chi connectivity index (χ3n) is 6.48. The Kier molecular flexibility index (Phi) is 7.20. The van der Waals surface area contributed by atoms with Crippen LogP contribution in [0.3, 0.4) is 0 Å². The van der Waals surface area contributed by atoms with Crippen molar-refractivity contribution in [1.82, 2.24) is 10.2 Å². The molecule has 2 aromatic carbocycles. The van der Waals surface area contributed by atoms with Gasteiger partial charge in [0.05, 0.1) is 13.7 Å². The lowest BCUT2D eigenvalue weighted by Gasteiger charge is -2.36. The molecule has 1 fully saturated rings. The van der Waals surface area contributed by atoms with E-state index in [9.17, 15) is 9.59 Å². The smallest absolute Gasteiger partial charge is 0.242 e. The maximum atomic E-state index is 12.6. The highest BCUT2D eigenvalue weighted by Gasteiger charge is 2.25. The van der Waals surface area contributed by atoms with Gasteiger partial charge in [-0.05, 0) is 72.7 Å². The largest absolute Gasteiger partial charge is 0.497 e. The molecular weight excluding hydrogens is 426 g/mol. The van der Waals surface area contributed by atoms with Gasteiger partial charge in [-0.1, -0.05) is 17.7 Å². The fourth-order valence-corrected chi connectivity index (χ4v) is 4.80. The summed E-state index contributed by atoms with van der Waals surface area (Å²) in [5, 5.41) is 3.56. The van der Waals surface area contributed by atoms with Crippen molar-refractivity contribution in [2.75, 3.05) is 44.7 Å². The Morgan fingerprint density at radius 1 is 1.09 bits per heavy atom. The Bertz CT molecular complexity index is 955. The number of nitrogens with one attached hydrogen (secondary N) is 1. The molecule has 1 aliphatic heterocycles. The highest BCUT2D eigenvalue weighted by atomic mass is 35.5. The van der Waals surface area contributed by atoms with Crippen molar-refractivity contribution in [2.45, 2.75) is 31.6 Å². The average Bonchev–Trinajstić information content (AvgIpc) is 2.83. The van der Waals surface area contributed by atoms with E-state index in [4.69, 9.17) is 16.3 Å². The number of amides is 2. The van der Waals surface area contributed by atoms with Gasteiger partial charge in [-0.15, -0.1) is 0 Å². The van der Waals surface area contributed by atoms with Gasteiger partial charge in [0.1, 0.15) is 5.75 Å². The average molecular weight is 456 g/mol. The zero-order chi connectivity index (χ0) is 22.5. The number of carbonyl (C=O) groups is 2. The van der Waals surface area contributed by atoms with E-state index in [0.29, 0.717) is 19.5 Å². The number of ether oxygens (including phenoxy) is 1. The molecule has 1 N–H and O–H groups in total. The first-order chi connectivity index (χ1) is 15.5. The second-order valence-electron chi connectivity index (χ2n) is 8.48. The lowest BCUT2D eigenvalue weighted by Crippen LogP contribution is -2.51. The zero-order valence-corrected chi connectivity index (χ0v) is 19.2. The molecule has 0 bridgehead atoms. The third kappa shape index (κ3) is 5.36. The first-order valence-corrected chi connectivity index (χ1v) is 11.6. The predicted molar refractivity (Wildman–Crippen MR) is 127 cm³/mol. The second kappa shape index (κ2) is 10.3. The molecule has 1 heterocycles. The van der Waals surface area contributed by atoms with Crippen molar-refractivity contribution in [3.8, 4) is 5.75 Å². The van der Waals surface area contributed by atoms with Gasteiger partial charge in [-0.25, -0.2) is 0 Å². The Morgan fingerprint density at radius 3 is 2.56 bits per heavy atom. The van der Waals surface area contributed by atoms with Gasteiger partial charge in [-0.2, -0.15) is 0 Å². The highest BCUT2D eigenvalue weighted by Crippen LogP contribution is 2.35. The first-order valence-electron chi connectivity index (χ1n) is 11.3. The Hall–Kier alpha value is -2.73. The van der Waals surface area contributed by atoms with E-state index < -0.39 is 0 Å². The molecule has 2 aromatic rings. The maximum absolute atomic E-state index is 12.6. The number of anilines is 1. The number of fused-ring (bicyclic) bond motifs is 1. The van der Waals surface area contributed by atoms with Crippen LogP contribution < -0.4 is 15.0 Å². The number of nitrogens with zero attached hydrogens (tertiary/aromatic N) is 2. The van der Waals surface area contributed by atoms with Crippen molar-refractivity contribution in [3.63, 3.8) is 0 Å². The van der Waals surface area contributed by atoms with E-state index in [1.54, 1.807) is 7.11 Å². The lowest BCUT2D eigenvalue weighted by atomic mass is 9.81. The molecule has 1 aliphatic carbocycles. The normalized spacial score (nSPS) is 18.1. The standard InChI is InChI=1S/C25H30ClN3O3/c1-32-22-9-10-23-18(15-22)3-2-4-19(23)16-24(30)27-17-25(31)29-13-11-28(12-14-29)21-7-5-20(26)6-8-21/h5-10,15,19H,2-4,11-14,16-17H2,1H3,(H,27,30). The van der Waals surface area contributed by atoms with Crippen LogP contribution in [0.15, 0.2) is 42.5 Å². The topological polar surface area (TPSA) is 61.9 Å². The molecule has 2 aliphatic rings. The molecule has 32 heavy (non-hydrogen) atoms. The third-order valence-corrected chi connectivity index (χ3v) is 6.73. The number of benzene rings is 2. The summed E-state index contributed by atoms with van der Waals surface area (Å²) in [6.45, 7) is 2.89. The second-order valence-corrected chi connectivity index (χ2v) is 8.92. The van der Waals surface area contributed by atoms with Gasteiger partial charge in [0.2, 0.25) is 11.8 Å². The number of hydrogen-bond donors (Lipinski definition) is 1. The molecule has 0 aromatic heterocycles. The molecule has 4 rings (SSSR count). The molecular formula is C25H30ClN3O3. The van der Waals surface area contributed by atoms with Crippen molar-refractivity contribution < 1.29 is 14.3 Å². The van der Waals surface area contributed by atoms with E-state index in [1.165, 1.54) is 11.1 Å². The van der Waals surface area contributed by atoms with Crippen LogP contribution in [0.4, 0.5) is 5.69 Å². The van der Waals surface area contributed by atoms with E-state index in [2.05, 4.69) is 22.3 Å². The first kappa shape index (κ1) is 22.5. The molecule has 0 radical (unpaired) electrons. The minimum Gasteiger partial charge on any atom is -0.497 e. The zero-order valence-electron chi connectivity index (χ0n) is 18.5. The summed E-state index contributed by atoms with van der Waals surface area (Å²) in [7, 11) is 1.67. The lowest BCUT2D eigenvalue weighted by molar-refractivity contribution is -0.133. The van der Waals surface area contributed by atoms with Crippen LogP contribution in [0.5, 0.6) is 5.75 Å². The maximum Gasteiger partial charge on any atom is 0.242 e. The quantitative estimate of drug-likeness (QED) is 0.722. The SMILES string of the molecule is COc1ccc2c(c1)CCCC2CC(=O)NCC(=O)N1CCN(c2ccc(Cl)cc2)CC1. The van der Waals surface area contributed by atoms with Crippen LogP contribution in [0.25, 0.3) is 0 Å². The summed E-state index contributed by atoms with van der Waals surface area (Å²) < 4.78 is 5.33. The van der Waals surface area contributed by atoms with E-state index in [0.717, 1.165) is 48.8 Å². The fourth-order valence-electron chi connectivity index (χ4n) is 4.68. The van der Waals surface area contributed by atoms with Crippen LogP contribution >= 0.6 is 11.6 Å². The van der Waals surface area contributed by atoms with Gasteiger partial charge in [0, 0.05) is 43.3 Å². The summed E-state index contributed by atoms with van der Waals surface area (Å²) in [5.74, 6) is 0.966. The van der Waals surface area contributed by atoms with Gasteiger partial charge < -0.3 is 19.9 Å². The van der Waals surface area contributed by atoms with Gasteiger partial charge in [-0.3, -0.25) is 9.59 Å². The molecule has 170 valence electrons. The van der Waals surface area contributed by atoms with Crippen LogP contribution in [-0.2, 0) is 16.0 Å². The molecule has 2 amide bonds. The monoisotopic (exact) mass is 455 g/mol. The molecule has 7 heteroatoms. The number of aryl methyl sites for hydroxylation is 1. The number of piperazine rings is 1. The predicted octanol–water partition coefficient (Wildman–Crippen LogP) is 3.62. The van der Waals surface area contributed by atoms with Crippen LogP contribution in [0.2, 0.25) is 5.02 Å². The molecule has 1 unspecified atom stereocenters. The Balaban J connectivity index is 1.24. The number of hydrogen-bond acceptors (Lipinski definition) is 4. The highest BCUT2D eigenvalue weighted by molar-refractivity contribution is 6.30. The fraction of sp³-hybridized carbons (Fsp3) is 0.440. The van der Waals surface area contributed by atoms with E-state index >= 15 is 0 Å². The number of rotatable bonds is 6. The number of carbonyl (C=O) groups excluding carboxylic acids is 2. The van der Waals surface area contributed by atoms with Crippen molar-refractivity contribution in [2.24, 2.45) is 0 Å². The molecule has 6 nitrogen and oxygen atoms in total. The van der Waals surface area contributed by atoms with Crippen molar-refractivity contribution in [3.05, 3.63) is 58.6 Å². The van der Waals surface area contributed by atoms with Gasteiger partial charge in [0.15, 0.2) is 0 Å². The molecule has 1 atom stereocenters. The summed E-state index contributed by atoms with van der Waals surface area (Å²) in [6.07, 6.45) is 3.49. The number of methoxy groups -OCH3 is 1. The summed E-state index contributed by atoms with van der Waals surface area (Å²) >= 11 is 5.96. The Labute approximate surface area is 194 Å². The van der Waals surface area contributed by atoms with Crippen LogP contribution in [0.1, 0.15) is 36.3 Å². The summed E-state index contributed by atoms with van der Waals surface area (Å²) in [6, 6.07) is 13.9.